The van der Waals surface area contributed by atoms with E-state index in [-0.39, 0.29) is 57.0 Å². The molecular weight excluding hydrogens is 642 g/mol. The standard InChI is InChI=1S/C16H12F2O2.C13H12O2.C12H12O3/c1-9(19)11-3-5-13(15(17)7-11)14-6-4-12(10(2)20)8-16(14)18;1-9(14)10-3-4-12-8-13(15-2)6-5-11(12)7-10;1-7(13)10-4-11(8(2)14)6-12(5-10)9(3)15/h3-8H,1-2H3;3-8H,1-2H3;4-6H,1-3H3. The second kappa shape index (κ2) is 16.9. The first-order valence-corrected chi connectivity index (χ1v) is 15.4. The molecule has 256 valence electrons. The van der Waals surface area contributed by atoms with E-state index in [9.17, 15) is 37.5 Å². The number of rotatable bonds is 8. The number of hydrogen-bond acceptors (Lipinski definition) is 7. The molecule has 0 aliphatic heterocycles. The summed E-state index contributed by atoms with van der Waals surface area (Å²) < 4.78 is 33.0. The second-order valence-electron chi connectivity index (χ2n) is 11.5. The van der Waals surface area contributed by atoms with Crippen molar-refractivity contribution in [3.8, 4) is 16.9 Å². The van der Waals surface area contributed by atoms with Crippen LogP contribution < -0.4 is 4.74 Å². The first-order valence-electron chi connectivity index (χ1n) is 15.4. The molecule has 5 rings (SSSR count). The molecule has 5 aromatic rings. The van der Waals surface area contributed by atoms with Crippen molar-refractivity contribution in [1.82, 2.24) is 0 Å². The van der Waals surface area contributed by atoms with Gasteiger partial charge in [0.15, 0.2) is 34.7 Å². The van der Waals surface area contributed by atoms with Gasteiger partial charge in [-0.1, -0.05) is 42.5 Å². The van der Waals surface area contributed by atoms with Crippen LogP contribution in [0.4, 0.5) is 8.78 Å². The second-order valence-corrected chi connectivity index (χ2v) is 11.5. The Hall–Kier alpha value is -5.96. The highest BCUT2D eigenvalue weighted by Crippen LogP contribution is 2.27. The van der Waals surface area contributed by atoms with Gasteiger partial charge in [0.05, 0.1) is 7.11 Å². The lowest BCUT2D eigenvalue weighted by atomic mass is 9.99. The van der Waals surface area contributed by atoms with Crippen LogP contribution in [0.25, 0.3) is 21.9 Å². The first-order chi connectivity index (χ1) is 23.5. The van der Waals surface area contributed by atoms with Crippen LogP contribution in [0.1, 0.15) is 104 Å². The highest BCUT2D eigenvalue weighted by Gasteiger charge is 2.14. The molecule has 0 bridgehead atoms. The van der Waals surface area contributed by atoms with Gasteiger partial charge in [-0.2, -0.15) is 0 Å². The molecule has 50 heavy (non-hydrogen) atoms. The van der Waals surface area contributed by atoms with E-state index in [1.807, 2.05) is 36.4 Å². The Morgan fingerprint density at radius 1 is 0.400 bits per heavy atom. The molecule has 0 atom stereocenters. The third-order valence-corrected chi connectivity index (χ3v) is 7.65. The lowest BCUT2D eigenvalue weighted by Gasteiger charge is -2.07. The van der Waals surface area contributed by atoms with Gasteiger partial charge < -0.3 is 4.74 Å². The number of ketones is 6. The van der Waals surface area contributed by atoms with Crippen LogP contribution >= 0.6 is 0 Å². The van der Waals surface area contributed by atoms with E-state index in [1.165, 1.54) is 77.1 Å². The average molecular weight is 679 g/mol. The van der Waals surface area contributed by atoms with Crippen molar-refractivity contribution in [2.24, 2.45) is 0 Å². The Morgan fingerprint density at radius 3 is 1.06 bits per heavy atom. The SMILES string of the molecule is CC(=O)c1cc(C(C)=O)cc(C(C)=O)c1.CC(=O)c1ccc(-c2ccc(C(C)=O)cc2F)c(F)c1.COc1ccc2cc(C(C)=O)ccc2c1. The number of ether oxygens (including phenoxy) is 1. The minimum atomic E-state index is -0.674. The maximum Gasteiger partial charge on any atom is 0.159 e. The van der Waals surface area contributed by atoms with Crippen LogP contribution in [0.5, 0.6) is 5.75 Å². The van der Waals surface area contributed by atoms with Gasteiger partial charge in [-0.3, -0.25) is 28.8 Å². The van der Waals surface area contributed by atoms with E-state index in [4.69, 9.17) is 4.74 Å². The highest BCUT2D eigenvalue weighted by molar-refractivity contribution is 6.04. The van der Waals surface area contributed by atoms with Crippen molar-refractivity contribution in [3.05, 3.63) is 136 Å². The van der Waals surface area contributed by atoms with E-state index >= 15 is 0 Å². The third kappa shape index (κ3) is 10.0. The van der Waals surface area contributed by atoms with E-state index < -0.39 is 11.6 Å². The Morgan fingerprint density at radius 2 is 0.720 bits per heavy atom. The summed E-state index contributed by atoms with van der Waals surface area (Å²) in [6, 6.07) is 23.8. The minimum Gasteiger partial charge on any atom is -0.497 e. The van der Waals surface area contributed by atoms with Crippen LogP contribution in [0.15, 0.2) is 91.0 Å². The maximum absolute atomic E-state index is 13.9. The van der Waals surface area contributed by atoms with Crippen molar-refractivity contribution in [3.63, 3.8) is 0 Å². The third-order valence-electron chi connectivity index (χ3n) is 7.65. The first kappa shape index (κ1) is 38.5. The van der Waals surface area contributed by atoms with Crippen molar-refractivity contribution < 1.29 is 42.3 Å². The van der Waals surface area contributed by atoms with Gasteiger partial charge in [-0.05, 0) is 101 Å². The van der Waals surface area contributed by atoms with Gasteiger partial charge in [-0.15, -0.1) is 0 Å². The summed E-state index contributed by atoms with van der Waals surface area (Å²) in [5.74, 6) is -1.40. The Balaban J connectivity index is 0.000000206. The summed E-state index contributed by atoms with van der Waals surface area (Å²) in [6.45, 7) is 8.45. The molecule has 9 heteroatoms. The topological polar surface area (TPSA) is 112 Å². The van der Waals surface area contributed by atoms with Crippen LogP contribution in [-0.4, -0.2) is 41.8 Å². The van der Waals surface area contributed by atoms with Gasteiger partial charge in [0, 0.05) is 44.5 Å². The summed E-state index contributed by atoms with van der Waals surface area (Å²) >= 11 is 0. The predicted molar refractivity (Wildman–Crippen MR) is 189 cm³/mol. The molecule has 0 saturated heterocycles. The van der Waals surface area contributed by atoms with Crippen molar-refractivity contribution in [2.75, 3.05) is 7.11 Å². The fourth-order valence-corrected chi connectivity index (χ4v) is 4.71. The zero-order chi connectivity index (χ0) is 37.3. The molecule has 0 aromatic heterocycles. The largest absolute Gasteiger partial charge is 0.497 e. The summed E-state index contributed by atoms with van der Waals surface area (Å²) in [5, 5.41) is 2.14. The summed E-state index contributed by atoms with van der Waals surface area (Å²) in [6.07, 6.45) is 0. The number of carbonyl (C=O) groups excluding carboxylic acids is 6. The van der Waals surface area contributed by atoms with Gasteiger partial charge in [0.2, 0.25) is 0 Å². The van der Waals surface area contributed by atoms with E-state index in [2.05, 4.69) is 0 Å². The van der Waals surface area contributed by atoms with Gasteiger partial charge >= 0.3 is 0 Å². The number of fused-ring (bicyclic) bond motifs is 1. The van der Waals surface area contributed by atoms with E-state index in [0.29, 0.717) is 16.7 Å². The lowest BCUT2D eigenvalue weighted by molar-refractivity contribution is 0.0997. The Bertz CT molecular complexity index is 2010. The molecule has 0 fully saturated rings. The quantitative estimate of drug-likeness (QED) is 0.150. The molecule has 0 heterocycles. The lowest BCUT2D eigenvalue weighted by Crippen LogP contribution is -2.03. The summed E-state index contributed by atoms with van der Waals surface area (Å²) in [4.78, 5) is 67.0. The maximum atomic E-state index is 13.9. The molecule has 0 amide bonds. The zero-order valence-electron chi connectivity index (χ0n) is 28.8. The Kier molecular flexibility index (Phi) is 13.0. The predicted octanol–water partition coefficient (Wildman–Crippen LogP) is 9.38. The molecule has 0 unspecified atom stereocenters. The minimum absolute atomic E-state index is 0.0580. The van der Waals surface area contributed by atoms with Crippen LogP contribution in [-0.2, 0) is 0 Å². The summed E-state index contributed by atoms with van der Waals surface area (Å²) in [5.41, 5.74) is 2.51. The average Bonchev–Trinajstić information content (AvgIpc) is 3.08. The fourth-order valence-electron chi connectivity index (χ4n) is 4.71. The van der Waals surface area contributed by atoms with Crippen molar-refractivity contribution >= 4 is 45.5 Å². The van der Waals surface area contributed by atoms with Gasteiger partial charge in [0.25, 0.3) is 0 Å². The molecule has 0 saturated carbocycles. The highest BCUT2D eigenvalue weighted by atomic mass is 19.1. The normalized spacial score (nSPS) is 10.2. The monoisotopic (exact) mass is 678 g/mol. The smallest absolute Gasteiger partial charge is 0.159 e. The van der Waals surface area contributed by atoms with Crippen molar-refractivity contribution in [1.29, 1.82) is 0 Å². The molecule has 0 spiro atoms. The Labute approximate surface area is 288 Å². The number of hydrogen-bond donors (Lipinski definition) is 0. The number of carbonyl (C=O) groups is 6. The molecule has 7 nitrogen and oxygen atoms in total. The van der Waals surface area contributed by atoms with E-state index in [0.717, 1.165) is 34.2 Å². The number of Topliss-reactive ketones (excluding diaryl/α,β-unsaturated/α-hetero) is 6. The van der Waals surface area contributed by atoms with Gasteiger partial charge in [-0.25, -0.2) is 8.78 Å². The molecule has 0 radical (unpaired) electrons. The van der Waals surface area contributed by atoms with Crippen LogP contribution in [0.2, 0.25) is 0 Å². The fraction of sp³-hybridized carbons (Fsp3) is 0.171. The van der Waals surface area contributed by atoms with Gasteiger partial charge in [0.1, 0.15) is 17.4 Å². The van der Waals surface area contributed by atoms with Crippen LogP contribution in [0, 0.1) is 11.6 Å². The van der Waals surface area contributed by atoms with Crippen LogP contribution in [0.3, 0.4) is 0 Å². The zero-order valence-corrected chi connectivity index (χ0v) is 28.8. The molecule has 0 aliphatic carbocycles. The number of halogens is 2. The number of methoxy groups -OCH3 is 1. The number of benzene rings is 5. The molecular formula is C41H36F2O7. The molecule has 0 aliphatic rings. The van der Waals surface area contributed by atoms with Crippen molar-refractivity contribution in [2.45, 2.75) is 41.5 Å². The molecule has 0 N–H and O–H groups in total. The summed E-state index contributed by atoms with van der Waals surface area (Å²) in [7, 11) is 1.64. The van der Waals surface area contributed by atoms with E-state index in [1.54, 1.807) is 14.0 Å². The molecule has 5 aromatic carbocycles.